The highest BCUT2D eigenvalue weighted by Gasteiger charge is 2.11. The number of nitrogens with two attached hydrogens (primary N) is 2. The number of nitrogens with zero attached hydrogens (tertiary/aromatic N) is 2. The summed E-state index contributed by atoms with van der Waals surface area (Å²) >= 11 is 0. The Morgan fingerprint density at radius 3 is 2.14 bits per heavy atom. The van der Waals surface area contributed by atoms with E-state index in [2.05, 4.69) is 10.3 Å². The number of halogens is 1. The lowest BCUT2D eigenvalue weighted by Crippen LogP contribution is -2.26. The fourth-order valence-corrected chi connectivity index (χ4v) is 2.43. The summed E-state index contributed by atoms with van der Waals surface area (Å²) in [6.07, 6.45) is 3.99. The van der Waals surface area contributed by atoms with E-state index in [-0.39, 0.29) is 5.82 Å². The molecule has 0 aliphatic carbocycles. The molecule has 0 fully saturated rings. The van der Waals surface area contributed by atoms with E-state index < -0.39 is 0 Å². The van der Waals surface area contributed by atoms with Crippen molar-refractivity contribution < 1.29 is 9.18 Å². The summed E-state index contributed by atoms with van der Waals surface area (Å²) in [6, 6.07) is 18.9. The standard InChI is InChI=1S/C14H15FN4.C7H7NO/c1-19(17)14(11-6-8-18-9-7-11)13(16)10-2-4-12(15)5-3-10;9-6-8-7-4-2-1-3-5-7/h2-9H,16-17H2,1H3;1-6H,(H,8,9)/b14-13-;. The molecule has 1 heterocycles. The predicted octanol–water partition coefficient (Wildman–Crippen LogP) is 3.07. The van der Waals surface area contributed by atoms with Gasteiger partial charge >= 0.3 is 0 Å². The lowest BCUT2D eigenvalue weighted by Gasteiger charge is -2.20. The second-order valence-electron chi connectivity index (χ2n) is 5.74. The molecule has 0 saturated heterocycles. The van der Waals surface area contributed by atoms with Crippen LogP contribution in [0.15, 0.2) is 79.1 Å². The van der Waals surface area contributed by atoms with Gasteiger partial charge < -0.3 is 16.1 Å². The summed E-state index contributed by atoms with van der Waals surface area (Å²) in [5.41, 5.74) is 9.67. The molecule has 1 aromatic heterocycles. The van der Waals surface area contributed by atoms with Crippen molar-refractivity contribution in [2.75, 3.05) is 12.4 Å². The van der Waals surface area contributed by atoms with Crippen LogP contribution in [0.1, 0.15) is 11.1 Å². The summed E-state index contributed by atoms with van der Waals surface area (Å²) in [5, 5.41) is 3.97. The number of hydrogen-bond donors (Lipinski definition) is 3. The third kappa shape index (κ3) is 5.93. The van der Waals surface area contributed by atoms with Crippen molar-refractivity contribution in [2.24, 2.45) is 11.6 Å². The van der Waals surface area contributed by atoms with Crippen LogP contribution in [0.4, 0.5) is 10.1 Å². The van der Waals surface area contributed by atoms with Gasteiger partial charge in [0, 0.05) is 30.7 Å². The van der Waals surface area contributed by atoms with Gasteiger partial charge in [-0.05, 0) is 54.1 Å². The molecule has 7 heteroatoms. The number of hydrogen-bond acceptors (Lipinski definition) is 5. The normalized spacial score (nSPS) is 10.8. The average Bonchev–Trinajstić information content (AvgIpc) is 2.71. The molecule has 3 aromatic rings. The Hall–Kier alpha value is -3.71. The van der Waals surface area contributed by atoms with Crippen molar-refractivity contribution in [2.45, 2.75) is 0 Å². The van der Waals surface area contributed by atoms with Crippen LogP contribution in [0, 0.1) is 5.82 Å². The van der Waals surface area contributed by atoms with Gasteiger partial charge in [0.15, 0.2) is 0 Å². The highest BCUT2D eigenvalue weighted by molar-refractivity contribution is 5.87. The first kappa shape index (κ1) is 20.6. The first-order valence-electron chi connectivity index (χ1n) is 8.42. The Morgan fingerprint density at radius 2 is 1.61 bits per heavy atom. The van der Waals surface area contributed by atoms with Crippen LogP contribution in [0.5, 0.6) is 0 Å². The van der Waals surface area contributed by atoms with Crippen LogP contribution in [-0.2, 0) is 4.79 Å². The molecule has 5 N–H and O–H groups in total. The summed E-state index contributed by atoms with van der Waals surface area (Å²) in [7, 11) is 1.70. The lowest BCUT2D eigenvalue weighted by atomic mass is 10.1. The van der Waals surface area contributed by atoms with E-state index in [1.54, 1.807) is 31.6 Å². The largest absolute Gasteiger partial charge is 0.397 e. The number of carbonyl (C=O) groups excluding carboxylic acids is 1. The molecule has 3 rings (SSSR count). The Kier molecular flexibility index (Phi) is 7.68. The smallest absolute Gasteiger partial charge is 0.211 e. The molecule has 6 nitrogen and oxygen atoms in total. The molecule has 0 aliphatic heterocycles. The molecule has 2 aromatic carbocycles. The molecule has 0 spiro atoms. The Balaban J connectivity index is 0.000000261. The van der Waals surface area contributed by atoms with E-state index >= 15 is 0 Å². The van der Waals surface area contributed by atoms with Crippen LogP contribution >= 0.6 is 0 Å². The molecule has 0 atom stereocenters. The van der Waals surface area contributed by atoms with Gasteiger partial charge in [-0.1, -0.05) is 18.2 Å². The molecular formula is C21H22FN5O. The summed E-state index contributed by atoms with van der Waals surface area (Å²) < 4.78 is 12.9. The zero-order valence-corrected chi connectivity index (χ0v) is 15.4. The number of rotatable bonds is 5. The van der Waals surface area contributed by atoms with Crippen LogP contribution in [-0.4, -0.2) is 23.5 Å². The number of pyridine rings is 1. The van der Waals surface area contributed by atoms with E-state index in [4.69, 9.17) is 11.6 Å². The van der Waals surface area contributed by atoms with Gasteiger partial charge in [-0.2, -0.15) is 0 Å². The number of para-hydroxylation sites is 1. The third-order valence-electron chi connectivity index (χ3n) is 3.72. The summed E-state index contributed by atoms with van der Waals surface area (Å²) in [4.78, 5) is 13.8. The van der Waals surface area contributed by atoms with Crippen molar-refractivity contribution in [1.82, 2.24) is 9.99 Å². The van der Waals surface area contributed by atoms with Gasteiger partial charge in [0.1, 0.15) is 5.82 Å². The van der Waals surface area contributed by atoms with E-state index in [1.807, 2.05) is 42.5 Å². The van der Waals surface area contributed by atoms with Crippen molar-refractivity contribution in [3.8, 4) is 0 Å². The Labute approximate surface area is 163 Å². The van der Waals surface area contributed by atoms with Crippen LogP contribution in [0.3, 0.4) is 0 Å². The minimum absolute atomic E-state index is 0.303. The predicted molar refractivity (Wildman–Crippen MR) is 110 cm³/mol. The minimum atomic E-state index is -0.303. The third-order valence-corrected chi connectivity index (χ3v) is 3.72. The summed E-state index contributed by atoms with van der Waals surface area (Å²) in [6.45, 7) is 0. The number of nitrogens with one attached hydrogen (secondary N) is 1. The first-order chi connectivity index (χ1) is 13.5. The highest BCUT2D eigenvalue weighted by Crippen LogP contribution is 2.23. The number of amides is 1. The zero-order valence-electron chi connectivity index (χ0n) is 15.4. The fraction of sp³-hybridized carbons (Fsp3) is 0.0476. The molecule has 0 radical (unpaired) electrons. The van der Waals surface area contributed by atoms with Gasteiger partial charge in [-0.3, -0.25) is 9.78 Å². The SMILES string of the molecule is CN(N)/C(=C(\N)c1ccc(F)cc1)c1ccncc1.O=CNc1ccccc1. The van der Waals surface area contributed by atoms with Gasteiger partial charge in [-0.25, -0.2) is 10.2 Å². The second-order valence-corrected chi connectivity index (χ2v) is 5.74. The highest BCUT2D eigenvalue weighted by atomic mass is 19.1. The van der Waals surface area contributed by atoms with E-state index in [9.17, 15) is 9.18 Å². The molecular weight excluding hydrogens is 357 g/mol. The number of benzene rings is 2. The van der Waals surface area contributed by atoms with E-state index in [1.165, 1.54) is 17.1 Å². The Morgan fingerprint density at radius 1 is 1.00 bits per heavy atom. The maximum Gasteiger partial charge on any atom is 0.211 e. The van der Waals surface area contributed by atoms with Crippen LogP contribution in [0.25, 0.3) is 11.4 Å². The van der Waals surface area contributed by atoms with Crippen LogP contribution in [0.2, 0.25) is 0 Å². The average molecular weight is 379 g/mol. The second kappa shape index (κ2) is 10.4. The number of aromatic nitrogens is 1. The van der Waals surface area contributed by atoms with Crippen LogP contribution < -0.4 is 16.9 Å². The maximum atomic E-state index is 12.9. The van der Waals surface area contributed by atoms with Crippen molar-refractivity contribution in [1.29, 1.82) is 0 Å². The van der Waals surface area contributed by atoms with Crippen molar-refractivity contribution in [3.63, 3.8) is 0 Å². The fourth-order valence-electron chi connectivity index (χ4n) is 2.43. The van der Waals surface area contributed by atoms with Gasteiger partial charge in [0.2, 0.25) is 6.41 Å². The minimum Gasteiger partial charge on any atom is -0.397 e. The molecule has 1 amide bonds. The molecule has 28 heavy (non-hydrogen) atoms. The monoisotopic (exact) mass is 379 g/mol. The van der Waals surface area contributed by atoms with E-state index in [0.717, 1.165) is 11.3 Å². The van der Waals surface area contributed by atoms with Crippen molar-refractivity contribution >= 4 is 23.5 Å². The molecule has 144 valence electrons. The molecule has 0 bridgehead atoms. The van der Waals surface area contributed by atoms with E-state index in [0.29, 0.717) is 23.4 Å². The number of carbonyl (C=O) groups is 1. The first-order valence-corrected chi connectivity index (χ1v) is 8.42. The van der Waals surface area contributed by atoms with Crippen molar-refractivity contribution in [3.05, 3.63) is 96.1 Å². The summed E-state index contributed by atoms with van der Waals surface area (Å²) in [5.74, 6) is 5.54. The van der Waals surface area contributed by atoms with Gasteiger partial charge in [-0.15, -0.1) is 0 Å². The zero-order chi connectivity index (χ0) is 20.4. The lowest BCUT2D eigenvalue weighted by molar-refractivity contribution is -0.105. The topological polar surface area (TPSA) is 97.3 Å². The number of hydrazine groups is 1. The maximum absolute atomic E-state index is 12.9. The number of anilines is 1. The van der Waals surface area contributed by atoms with Gasteiger partial charge in [0.25, 0.3) is 0 Å². The molecule has 0 unspecified atom stereocenters. The van der Waals surface area contributed by atoms with Gasteiger partial charge in [0.05, 0.1) is 11.4 Å². The Bertz CT molecular complexity index is 897. The molecule has 0 aliphatic rings. The molecule has 0 saturated carbocycles. The quantitative estimate of drug-likeness (QED) is 0.360.